The molecule has 0 aromatic heterocycles. The maximum atomic E-state index is 12.2. The molecule has 0 saturated carbocycles. The lowest BCUT2D eigenvalue weighted by Gasteiger charge is -2.12. The Hall–Kier alpha value is -1.84. The summed E-state index contributed by atoms with van der Waals surface area (Å²) in [6.45, 7) is 1.89. The normalized spacial score (nSPS) is 10.3. The van der Waals surface area contributed by atoms with E-state index >= 15 is 0 Å². The van der Waals surface area contributed by atoms with Crippen molar-refractivity contribution in [1.82, 2.24) is 0 Å². The lowest BCUT2D eigenvalue weighted by molar-refractivity contribution is 0.0732. The molecule has 2 rings (SSSR count). The SMILES string of the molecule is CCCC(=O)c1cc(Cl)cc(Cl)c1OC(=O)c1ccccc1. The van der Waals surface area contributed by atoms with Crippen LogP contribution < -0.4 is 4.74 Å². The molecule has 0 bridgehead atoms. The number of esters is 1. The molecule has 0 spiro atoms. The van der Waals surface area contributed by atoms with Crippen molar-refractivity contribution in [3.05, 3.63) is 63.6 Å². The Morgan fingerprint density at radius 3 is 2.41 bits per heavy atom. The minimum Gasteiger partial charge on any atom is -0.421 e. The van der Waals surface area contributed by atoms with Gasteiger partial charge in [0, 0.05) is 11.4 Å². The summed E-state index contributed by atoms with van der Waals surface area (Å²) in [6, 6.07) is 11.4. The number of hydrogen-bond donors (Lipinski definition) is 0. The molecular formula is C17H14Cl2O3. The number of ketones is 1. The van der Waals surface area contributed by atoms with Gasteiger partial charge in [0.25, 0.3) is 0 Å². The van der Waals surface area contributed by atoms with Crippen LogP contribution in [0.4, 0.5) is 0 Å². The first-order chi connectivity index (χ1) is 10.5. The third-order valence-corrected chi connectivity index (χ3v) is 3.49. The zero-order valence-electron chi connectivity index (χ0n) is 11.9. The fourth-order valence-electron chi connectivity index (χ4n) is 1.96. The predicted octanol–water partition coefficient (Wildman–Crippen LogP) is 5.20. The van der Waals surface area contributed by atoms with Crippen molar-refractivity contribution in [3.8, 4) is 5.75 Å². The smallest absolute Gasteiger partial charge is 0.343 e. The average molecular weight is 337 g/mol. The number of rotatable bonds is 5. The third-order valence-electron chi connectivity index (χ3n) is 2.99. The molecule has 0 fully saturated rings. The van der Waals surface area contributed by atoms with Crippen LogP contribution in [0, 0.1) is 0 Å². The molecule has 0 saturated heterocycles. The third kappa shape index (κ3) is 3.87. The molecule has 0 radical (unpaired) electrons. The molecule has 0 unspecified atom stereocenters. The van der Waals surface area contributed by atoms with E-state index in [1.807, 2.05) is 6.92 Å². The fraction of sp³-hybridized carbons (Fsp3) is 0.176. The minimum atomic E-state index is -0.574. The summed E-state index contributed by atoms with van der Waals surface area (Å²) in [5.41, 5.74) is 0.603. The van der Waals surface area contributed by atoms with E-state index in [0.29, 0.717) is 23.4 Å². The molecule has 0 aliphatic heterocycles. The first kappa shape index (κ1) is 16.5. The summed E-state index contributed by atoms with van der Waals surface area (Å²) in [5, 5.41) is 0.459. The maximum Gasteiger partial charge on any atom is 0.343 e. The number of carbonyl (C=O) groups excluding carboxylic acids is 2. The molecule has 0 N–H and O–H groups in total. The quantitative estimate of drug-likeness (QED) is 0.428. The van der Waals surface area contributed by atoms with Gasteiger partial charge in [-0.1, -0.05) is 48.3 Å². The zero-order chi connectivity index (χ0) is 16.1. The summed E-state index contributed by atoms with van der Waals surface area (Å²) in [4.78, 5) is 24.3. The van der Waals surface area contributed by atoms with E-state index in [1.54, 1.807) is 30.3 Å². The van der Waals surface area contributed by atoms with Crippen molar-refractivity contribution in [1.29, 1.82) is 0 Å². The molecule has 0 heterocycles. The highest BCUT2D eigenvalue weighted by Gasteiger charge is 2.20. The molecule has 0 aliphatic rings. The van der Waals surface area contributed by atoms with Crippen LogP contribution in [0.5, 0.6) is 5.75 Å². The Morgan fingerprint density at radius 2 is 1.77 bits per heavy atom. The van der Waals surface area contributed by atoms with Gasteiger partial charge in [-0.25, -0.2) is 4.79 Å². The van der Waals surface area contributed by atoms with E-state index in [4.69, 9.17) is 27.9 Å². The second-order valence-electron chi connectivity index (χ2n) is 4.69. The predicted molar refractivity (Wildman–Crippen MR) is 87.1 cm³/mol. The number of benzene rings is 2. The molecule has 5 heteroatoms. The van der Waals surface area contributed by atoms with E-state index in [-0.39, 0.29) is 22.1 Å². The minimum absolute atomic E-state index is 0.0540. The topological polar surface area (TPSA) is 43.4 Å². The lowest BCUT2D eigenvalue weighted by Crippen LogP contribution is -2.12. The summed E-state index contributed by atoms with van der Waals surface area (Å²) in [6.07, 6.45) is 1.00. The van der Waals surface area contributed by atoms with Gasteiger partial charge >= 0.3 is 5.97 Å². The molecule has 0 amide bonds. The van der Waals surface area contributed by atoms with Gasteiger partial charge in [0.05, 0.1) is 16.1 Å². The van der Waals surface area contributed by atoms with Gasteiger partial charge in [-0.15, -0.1) is 0 Å². The summed E-state index contributed by atoms with van der Waals surface area (Å²) >= 11 is 12.0. The summed E-state index contributed by atoms with van der Waals surface area (Å²) in [7, 11) is 0. The first-order valence-corrected chi connectivity index (χ1v) is 7.58. The fourth-order valence-corrected chi connectivity index (χ4v) is 2.49. The monoisotopic (exact) mass is 336 g/mol. The van der Waals surface area contributed by atoms with Crippen LogP contribution in [0.15, 0.2) is 42.5 Å². The standard InChI is InChI=1S/C17H14Cl2O3/c1-2-6-15(20)13-9-12(18)10-14(19)16(13)22-17(21)11-7-4-3-5-8-11/h3-5,7-10H,2,6H2,1H3. The van der Waals surface area contributed by atoms with E-state index in [2.05, 4.69) is 0 Å². The number of carbonyl (C=O) groups is 2. The highest BCUT2D eigenvalue weighted by Crippen LogP contribution is 2.34. The largest absolute Gasteiger partial charge is 0.421 e. The van der Waals surface area contributed by atoms with E-state index in [9.17, 15) is 9.59 Å². The van der Waals surface area contributed by atoms with Crippen LogP contribution in [0.3, 0.4) is 0 Å². The van der Waals surface area contributed by atoms with Crippen molar-refractivity contribution in [2.24, 2.45) is 0 Å². The van der Waals surface area contributed by atoms with Crippen LogP contribution >= 0.6 is 23.2 Å². The number of halogens is 2. The van der Waals surface area contributed by atoms with E-state index < -0.39 is 5.97 Å². The number of ether oxygens (including phenoxy) is 1. The Labute approximate surface area is 138 Å². The molecule has 3 nitrogen and oxygen atoms in total. The second kappa shape index (κ2) is 7.43. The van der Waals surface area contributed by atoms with Gasteiger partial charge in [-0.05, 0) is 30.7 Å². The van der Waals surface area contributed by atoms with Crippen LogP contribution in [0.25, 0.3) is 0 Å². The second-order valence-corrected chi connectivity index (χ2v) is 5.54. The van der Waals surface area contributed by atoms with Crippen molar-refractivity contribution >= 4 is 35.0 Å². The van der Waals surface area contributed by atoms with Crippen molar-refractivity contribution < 1.29 is 14.3 Å². The lowest BCUT2D eigenvalue weighted by atomic mass is 10.1. The Balaban J connectivity index is 2.37. The van der Waals surface area contributed by atoms with Crippen LogP contribution in [0.2, 0.25) is 10.0 Å². The van der Waals surface area contributed by atoms with Gasteiger partial charge in [0.1, 0.15) is 0 Å². The first-order valence-electron chi connectivity index (χ1n) is 6.82. The zero-order valence-corrected chi connectivity index (χ0v) is 13.4. The number of hydrogen-bond acceptors (Lipinski definition) is 3. The highest BCUT2D eigenvalue weighted by molar-refractivity contribution is 6.36. The van der Waals surface area contributed by atoms with Gasteiger partial charge in [-0.3, -0.25) is 4.79 Å². The van der Waals surface area contributed by atoms with Crippen LogP contribution in [0.1, 0.15) is 40.5 Å². The van der Waals surface area contributed by atoms with Gasteiger partial charge in [-0.2, -0.15) is 0 Å². The molecule has 2 aromatic rings. The Morgan fingerprint density at radius 1 is 1.09 bits per heavy atom. The van der Waals surface area contributed by atoms with E-state index in [0.717, 1.165) is 0 Å². The van der Waals surface area contributed by atoms with Crippen molar-refractivity contribution in [2.75, 3.05) is 0 Å². The maximum absolute atomic E-state index is 12.2. The number of Topliss-reactive ketones (excluding diaryl/α,β-unsaturated/α-hetero) is 1. The molecule has 114 valence electrons. The van der Waals surface area contributed by atoms with Crippen molar-refractivity contribution in [3.63, 3.8) is 0 Å². The van der Waals surface area contributed by atoms with Crippen molar-refractivity contribution in [2.45, 2.75) is 19.8 Å². The van der Waals surface area contributed by atoms with E-state index in [1.165, 1.54) is 12.1 Å². The Bertz CT molecular complexity index is 697. The Kier molecular flexibility index (Phi) is 5.58. The van der Waals surface area contributed by atoms with Crippen LogP contribution in [-0.2, 0) is 0 Å². The molecule has 22 heavy (non-hydrogen) atoms. The van der Waals surface area contributed by atoms with Crippen LogP contribution in [-0.4, -0.2) is 11.8 Å². The average Bonchev–Trinajstić information content (AvgIpc) is 2.50. The van der Waals surface area contributed by atoms with Gasteiger partial charge in [0.15, 0.2) is 11.5 Å². The summed E-state index contributed by atoms with van der Waals surface area (Å²) in [5.74, 6) is -0.684. The molecule has 0 atom stereocenters. The highest BCUT2D eigenvalue weighted by atomic mass is 35.5. The molecule has 0 aliphatic carbocycles. The van der Waals surface area contributed by atoms with Gasteiger partial charge < -0.3 is 4.74 Å². The molecular weight excluding hydrogens is 323 g/mol. The molecule has 2 aromatic carbocycles. The summed E-state index contributed by atoms with van der Waals surface area (Å²) < 4.78 is 5.33. The van der Waals surface area contributed by atoms with Gasteiger partial charge in [0.2, 0.25) is 0 Å².